The van der Waals surface area contributed by atoms with Crippen molar-refractivity contribution in [3.8, 4) is 5.88 Å². The molecule has 0 radical (unpaired) electrons. The van der Waals surface area contributed by atoms with E-state index >= 15 is 0 Å². The van der Waals surface area contributed by atoms with Crippen LogP contribution in [0.15, 0.2) is 18.2 Å². The van der Waals surface area contributed by atoms with E-state index in [2.05, 4.69) is 20.6 Å². The number of fused-ring (bicyclic) bond motifs is 1. The monoisotopic (exact) mass is 583 g/mol. The number of nitrogens with zero attached hydrogens (tertiary/aromatic N) is 3. The number of hydrogen-bond donors (Lipinski definition) is 2. The van der Waals surface area contributed by atoms with Gasteiger partial charge in [-0.15, -0.1) is 0 Å². The number of carbonyl (C=O) groups is 1. The summed E-state index contributed by atoms with van der Waals surface area (Å²) < 4.78 is 84.7. The number of amides is 1. The number of pyridine rings is 1. The minimum Gasteiger partial charge on any atom is -0.471 e. The van der Waals surface area contributed by atoms with Gasteiger partial charge < -0.3 is 15.4 Å². The fraction of sp³-hybridized carbons (Fsp3) is 0.435. The Morgan fingerprint density at radius 1 is 1.13 bits per heavy atom. The van der Waals surface area contributed by atoms with E-state index in [0.717, 1.165) is 12.1 Å². The Labute approximate surface area is 222 Å². The maximum atomic E-state index is 13.5. The van der Waals surface area contributed by atoms with Crippen LogP contribution >= 0.6 is 23.2 Å². The molecule has 0 atom stereocenters. The number of halogens is 8. The molecule has 7 nitrogen and oxygen atoms in total. The van der Waals surface area contributed by atoms with Gasteiger partial charge in [0.05, 0.1) is 21.7 Å². The van der Waals surface area contributed by atoms with Gasteiger partial charge in [-0.2, -0.15) is 18.2 Å². The lowest BCUT2D eigenvalue weighted by atomic mass is 9.85. The van der Waals surface area contributed by atoms with Crippen molar-refractivity contribution in [3.63, 3.8) is 0 Å². The van der Waals surface area contributed by atoms with E-state index in [9.17, 15) is 31.1 Å². The molecule has 206 valence electrons. The number of anilines is 2. The number of aromatic nitrogens is 3. The highest BCUT2D eigenvalue weighted by molar-refractivity contribution is 6.39. The highest BCUT2D eigenvalue weighted by atomic mass is 35.5. The van der Waals surface area contributed by atoms with Gasteiger partial charge in [0.1, 0.15) is 16.9 Å². The molecule has 1 aliphatic rings. The summed E-state index contributed by atoms with van der Waals surface area (Å²) in [6.07, 6.45) is -7.21. The van der Waals surface area contributed by atoms with E-state index in [1.54, 1.807) is 0 Å². The molecule has 2 heterocycles. The summed E-state index contributed by atoms with van der Waals surface area (Å²) in [5.74, 6) is -3.09. The van der Waals surface area contributed by atoms with Gasteiger partial charge in [-0.05, 0) is 43.9 Å². The van der Waals surface area contributed by atoms with Gasteiger partial charge >= 0.3 is 6.18 Å². The van der Waals surface area contributed by atoms with E-state index in [1.165, 1.54) is 17.7 Å². The molecule has 0 unspecified atom stereocenters. The Kier molecular flexibility index (Phi) is 8.17. The number of benzene rings is 1. The Balaban J connectivity index is 1.62. The molecular weight excluding hydrogens is 563 g/mol. The highest BCUT2D eigenvalue weighted by Crippen LogP contribution is 2.38. The number of imidazole rings is 1. The first kappa shape index (κ1) is 28.1. The first-order valence-electron chi connectivity index (χ1n) is 11.4. The second-order valence-electron chi connectivity index (χ2n) is 8.81. The van der Waals surface area contributed by atoms with Crippen LogP contribution in [0.2, 0.25) is 10.0 Å². The minimum atomic E-state index is -4.30. The molecule has 1 amide bonds. The zero-order valence-electron chi connectivity index (χ0n) is 19.7. The lowest BCUT2D eigenvalue weighted by Crippen LogP contribution is -2.40. The first-order chi connectivity index (χ1) is 17.8. The smallest absolute Gasteiger partial charge is 0.391 e. The first-order valence-corrected chi connectivity index (χ1v) is 12.2. The molecule has 0 aliphatic heterocycles. The Bertz CT molecular complexity index is 1320. The summed E-state index contributed by atoms with van der Waals surface area (Å²) >= 11 is 12.2. The molecular formula is C23H21Cl2F6N5O2. The lowest BCUT2D eigenvalue weighted by Gasteiger charge is -2.30. The van der Waals surface area contributed by atoms with Crippen molar-refractivity contribution in [2.75, 3.05) is 11.9 Å². The van der Waals surface area contributed by atoms with Gasteiger partial charge in [0.2, 0.25) is 11.8 Å². The van der Waals surface area contributed by atoms with Crippen LogP contribution in [0, 0.1) is 11.7 Å². The van der Waals surface area contributed by atoms with Crippen LogP contribution in [0.1, 0.15) is 36.0 Å². The number of alkyl halides is 5. The number of ether oxygens (including phenoxy) is 1. The van der Waals surface area contributed by atoms with Crippen molar-refractivity contribution < 1.29 is 35.9 Å². The van der Waals surface area contributed by atoms with Crippen molar-refractivity contribution in [1.29, 1.82) is 0 Å². The van der Waals surface area contributed by atoms with Crippen LogP contribution in [0.25, 0.3) is 11.2 Å². The summed E-state index contributed by atoms with van der Waals surface area (Å²) in [6.45, 7) is -1.04. The third-order valence-electron chi connectivity index (χ3n) is 6.17. The number of carbonyl (C=O) groups excluding carboxylic acids is 1. The normalized spacial score (nSPS) is 18.2. The molecule has 3 aromatic rings. The van der Waals surface area contributed by atoms with Gasteiger partial charge in [-0.3, -0.25) is 9.36 Å². The predicted molar refractivity (Wildman–Crippen MR) is 129 cm³/mol. The summed E-state index contributed by atoms with van der Waals surface area (Å²) in [5, 5.41) is 5.44. The molecule has 0 bridgehead atoms. The van der Waals surface area contributed by atoms with Crippen LogP contribution < -0.4 is 15.4 Å². The molecule has 1 fully saturated rings. The Morgan fingerprint density at radius 3 is 2.34 bits per heavy atom. The highest BCUT2D eigenvalue weighted by Gasteiger charge is 2.41. The molecule has 1 aliphatic carbocycles. The zero-order valence-corrected chi connectivity index (χ0v) is 21.2. The van der Waals surface area contributed by atoms with Crippen LogP contribution in [0.4, 0.5) is 38.0 Å². The third-order valence-corrected chi connectivity index (χ3v) is 6.77. The largest absolute Gasteiger partial charge is 0.471 e. The number of rotatable bonds is 7. The summed E-state index contributed by atoms with van der Waals surface area (Å²) in [5.41, 5.74) is 0.251. The number of aryl methyl sites for hydroxylation is 1. The molecule has 38 heavy (non-hydrogen) atoms. The molecule has 2 aromatic heterocycles. The van der Waals surface area contributed by atoms with Gasteiger partial charge in [-0.25, -0.2) is 18.2 Å². The van der Waals surface area contributed by atoms with Gasteiger partial charge in [0.15, 0.2) is 12.3 Å². The van der Waals surface area contributed by atoms with Crippen molar-refractivity contribution >= 4 is 51.9 Å². The average molecular weight is 584 g/mol. The Morgan fingerprint density at radius 2 is 1.76 bits per heavy atom. The zero-order chi connectivity index (χ0) is 27.8. The summed E-state index contributed by atoms with van der Waals surface area (Å²) in [7, 11) is 1.53. The fourth-order valence-corrected chi connectivity index (χ4v) is 4.78. The van der Waals surface area contributed by atoms with Crippen LogP contribution in [0.3, 0.4) is 0 Å². The molecule has 4 rings (SSSR count). The predicted octanol–water partition coefficient (Wildman–Crippen LogP) is 6.65. The van der Waals surface area contributed by atoms with Crippen molar-refractivity contribution in [3.05, 3.63) is 39.6 Å². The standard InChI is InChI=1S/C23H21Cl2F6N5O2/c1-36-19-16(33-22(36)34-18-14(24)6-11(26)7-15(18)25)8-13(21(35-19)38-9-17(27)28)20(37)32-12-4-2-10(3-5-12)23(29,30)31/h6-8,10,12,17H,2-5,9H2,1H3,(H,32,37)(H,33,34). The van der Waals surface area contributed by atoms with Crippen LogP contribution in [-0.4, -0.2) is 45.7 Å². The fourth-order valence-electron chi connectivity index (χ4n) is 4.22. The van der Waals surface area contributed by atoms with Gasteiger partial charge in [0, 0.05) is 13.1 Å². The molecule has 15 heteroatoms. The summed E-state index contributed by atoms with van der Waals surface area (Å²) in [4.78, 5) is 21.6. The van der Waals surface area contributed by atoms with E-state index in [1.807, 2.05) is 0 Å². The lowest BCUT2D eigenvalue weighted by molar-refractivity contribution is -0.182. The molecule has 1 saturated carbocycles. The second-order valence-corrected chi connectivity index (χ2v) is 9.63. The third kappa shape index (κ3) is 6.20. The molecule has 1 aromatic carbocycles. The Hall–Kier alpha value is -2.93. The van der Waals surface area contributed by atoms with Gasteiger partial charge in [-0.1, -0.05) is 23.2 Å². The maximum Gasteiger partial charge on any atom is 0.391 e. The maximum absolute atomic E-state index is 13.5. The average Bonchev–Trinajstić information content (AvgIpc) is 3.13. The van der Waals surface area contributed by atoms with Crippen molar-refractivity contribution in [2.45, 2.75) is 44.3 Å². The molecule has 2 N–H and O–H groups in total. The van der Waals surface area contributed by atoms with E-state index in [0.29, 0.717) is 0 Å². The number of nitrogens with one attached hydrogen (secondary N) is 2. The van der Waals surface area contributed by atoms with Crippen LogP contribution in [-0.2, 0) is 7.05 Å². The van der Waals surface area contributed by atoms with Crippen LogP contribution in [0.5, 0.6) is 5.88 Å². The quantitative estimate of drug-likeness (QED) is 0.304. The van der Waals surface area contributed by atoms with E-state index < -0.39 is 48.8 Å². The van der Waals surface area contributed by atoms with Crippen molar-refractivity contribution in [1.82, 2.24) is 19.9 Å². The second kappa shape index (κ2) is 11.0. The summed E-state index contributed by atoms with van der Waals surface area (Å²) in [6, 6.07) is 2.82. The van der Waals surface area contributed by atoms with Crippen molar-refractivity contribution in [2.24, 2.45) is 13.0 Å². The van der Waals surface area contributed by atoms with Gasteiger partial charge in [0.25, 0.3) is 12.3 Å². The number of hydrogen-bond acceptors (Lipinski definition) is 5. The van der Waals surface area contributed by atoms with E-state index in [4.69, 9.17) is 27.9 Å². The van der Waals surface area contributed by atoms with E-state index in [-0.39, 0.29) is 64.1 Å². The minimum absolute atomic E-state index is 0.0312. The molecule has 0 saturated heterocycles. The SMILES string of the molecule is Cn1c(Nc2c(Cl)cc(F)cc2Cl)nc2cc(C(=O)NC3CCC(C(F)(F)F)CC3)c(OCC(F)F)nc21. The molecule has 0 spiro atoms. The topological polar surface area (TPSA) is 81.1 Å².